The number of hydrogen-bond donors (Lipinski definition) is 0. The van der Waals surface area contributed by atoms with Gasteiger partial charge < -0.3 is 9.15 Å². The second kappa shape index (κ2) is 6.07. The van der Waals surface area contributed by atoms with Gasteiger partial charge in [0.1, 0.15) is 11.0 Å². The molecule has 0 amide bonds. The highest BCUT2D eigenvalue weighted by Crippen LogP contribution is 2.31. The van der Waals surface area contributed by atoms with Crippen molar-refractivity contribution in [1.29, 1.82) is 0 Å². The van der Waals surface area contributed by atoms with E-state index in [1.807, 2.05) is 6.92 Å². The van der Waals surface area contributed by atoms with E-state index in [0.29, 0.717) is 5.92 Å². The maximum atomic E-state index is 12.0. The standard InChI is InChI=1S/C12H14BrClO5S/c1-7-4-2-3-5-8(7)19-12(15)9-6-10(11(13)18-9)20(14,16)17/h6-8H,2-5H2,1H3. The van der Waals surface area contributed by atoms with Crippen LogP contribution in [0.1, 0.15) is 43.2 Å². The molecule has 0 aliphatic heterocycles. The molecule has 1 aromatic rings. The number of halogens is 2. The first kappa shape index (κ1) is 15.9. The van der Waals surface area contributed by atoms with Crippen LogP contribution in [0.4, 0.5) is 0 Å². The Labute approximate surface area is 130 Å². The number of furan rings is 1. The molecule has 0 spiro atoms. The Morgan fingerprint density at radius 3 is 2.65 bits per heavy atom. The molecule has 1 fully saturated rings. The average Bonchev–Trinajstić information content (AvgIpc) is 2.74. The Balaban J connectivity index is 2.14. The van der Waals surface area contributed by atoms with Gasteiger partial charge in [-0.15, -0.1) is 0 Å². The van der Waals surface area contributed by atoms with Gasteiger partial charge >= 0.3 is 5.97 Å². The van der Waals surface area contributed by atoms with E-state index in [1.54, 1.807) is 0 Å². The Morgan fingerprint density at radius 1 is 1.45 bits per heavy atom. The molecule has 1 aliphatic carbocycles. The maximum absolute atomic E-state index is 12.0. The highest BCUT2D eigenvalue weighted by atomic mass is 79.9. The first-order valence-corrected chi connectivity index (χ1v) is 9.34. The lowest BCUT2D eigenvalue weighted by Gasteiger charge is -2.27. The van der Waals surface area contributed by atoms with E-state index in [9.17, 15) is 13.2 Å². The van der Waals surface area contributed by atoms with Crippen LogP contribution in [-0.2, 0) is 13.8 Å². The van der Waals surface area contributed by atoms with Crippen LogP contribution in [0.2, 0.25) is 0 Å². The number of esters is 1. The van der Waals surface area contributed by atoms with Crippen LogP contribution in [0.3, 0.4) is 0 Å². The van der Waals surface area contributed by atoms with Crippen LogP contribution in [0.5, 0.6) is 0 Å². The molecule has 112 valence electrons. The van der Waals surface area contributed by atoms with Crippen LogP contribution >= 0.6 is 26.6 Å². The van der Waals surface area contributed by atoms with Gasteiger partial charge in [0, 0.05) is 16.7 Å². The molecule has 2 rings (SSSR count). The van der Waals surface area contributed by atoms with Crippen LogP contribution in [-0.4, -0.2) is 20.5 Å². The number of carbonyl (C=O) groups excluding carboxylic acids is 1. The molecule has 20 heavy (non-hydrogen) atoms. The summed E-state index contributed by atoms with van der Waals surface area (Å²) in [5.74, 6) is -0.549. The minimum absolute atomic E-state index is 0.101. The van der Waals surface area contributed by atoms with Crippen molar-refractivity contribution in [2.24, 2.45) is 5.92 Å². The molecule has 2 unspecified atom stereocenters. The Kier molecular flexibility index (Phi) is 4.81. The van der Waals surface area contributed by atoms with Gasteiger partial charge in [0.25, 0.3) is 9.05 Å². The van der Waals surface area contributed by atoms with Gasteiger partial charge in [-0.3, -0.25) is 0 Å². The van der Waals surface area contributed by atoms with Crippen molar-refractivity contribution in [2.75, 3.05) is 0 Å². The summed E-state index contributed by atoms with van der Waals surface area (Å²) in [6.07, 6.45) is 3.83. The van der Waals surface area contributed by atoms with Gasteiger partial charge in [0.05, 0.1) is 0 Å². The molecule has 5 nitrogen and oxygen atoms in total. The largest absolute Gasteiger partial charge is 0.456 e. The predicted octanol–water partition coefficient (Wildman–Crippen LogP) is 3.71. The minimum atomic E-state index is -3.97. The monoisotopic (exact) mass is 384 g/mol. The SMILES string of the molecule is CC1CCCCC1OC(=O)c1cc(S(=O)(=O)Cl)c(Br)o1. The molecule has 1 heterocycles. The van der Waals surface area contributed by atoms with E-state index in [4.69, 9.17) is 19.8 Å². The first-order valence-electron chi connectivity index (χ1n) is 6.24. The van der Waals surface area contributed by atoms with E-state index in [1.165, 1.54) is 0 Å². The molecule has 8 heteroatoms. The summed E-state index contributed by atoms with van der Waals surface area (Å²) in [6.45, 7) is 2.03. The summed E-state index contributed by atoms with van der Waals surface area (Å²) in [5.41, 5.74) is 0. The average molecular weight is 386 g/mol. The van der Waals surface area contributed by atoms with Gasteiger partial charge in [-0.05, 0) is 41.1 Å². The number of rotatable bonds is 3. The second-order valence-corrected chi connectivity index (χ2v) is 8.15. The molecule has 0 N–H and O–H groups in total. The van der Waals surface area contributed by atoms with Crippen LogP contribution < -0.4 is 0 Å². The molecule has 0 aromatic carbocycles. The van der Waals surface area contributed by atoms with E-state index in [2.05, 4.69) is 15.9 Å². The number of carbonyl (C=O) groups is 1. The smallest absolute Gasteiger partial charge is 0.374 e. The van der Waals surface area contributed by atoms with Crippen molar-refractivity contribution in [3.8, 4) is 0 Å². The third kappa shape index (κ3) is 3.56. The van der Waals surface area contributed by atoms with Gasteiger partial charge in [0.15, 0.2) is 4.67 Å². The first-order chi connectivity index (χ1) is 9.29. The molecule has 1 aromatic heterocycles. The van der Waals surface area contributed by atoms with E-state index >= 15 is 0 Å². The fourth-order valence-electron chi connectivity index (χ4n) is 2.27. The van der Waals surface area contributed by atoms with Crippen molar-refractivity contribution >= 4 is 41.6 Å². The fourth-order valence-corrected chi connectivity index (χ4v) is 4.30. The number of hydrogen-bond acceptors (Lipinski definition) is 5. The molecule has 0 radical (unpaired) electrons. The van der Waals surface area contributed by atoms with Crippen molar-refractivity contribution < 1.29 is 22.4 Å². The zero-order chi connectivity index (χ0) is 14.9. The summed E-state index contributed by atoms with van der Waals surface area (Å²) in [6, 6.07) is 1.07. The summed E-state index contributed by atoms with van der Waals surface area (Å²) >= 11 is 2.92. The zero-order valence-electron chi connectivity index (χ0n) is 10.8. The van der Waals surface area contributed by atoms with Crippen LogP contribution in [0.15, 0.2) is 20.0 Å². The summed E-state index contributed by atoms with van der Waals surface area (Å²) < 4.78 is 32.8. The third-order valence-corrected chi connectivity index (χ3v) is 5.59. The Hall–Kier alpha value is -0.530. The Bertz CT molecular complexity index is 609. The lowest BCUT2D eigenvalue weighted by molar-refractivity contribution is 0.00163. The summed E-state index contributed by atoms with van der Waals surface area (Å²) in [5, 5.41) is 0. The third-order valence-electron chi connectivity index (χ3n) is 3.41. The summed E-state index contributed by atoms with van der Waals surface area (Å²) in [4.78, 5) is 11.7. The molecular formula is C12H14BrClO5S. The van der Waals surface area contributed by atoms with Gasteiger partial charge in [0.2, 0.25) is 5.76 Å². The lowest BCUT2D eigenvalue weighted by atomic mass is 9.88. The molecule has 2 atom stereocenters. The molecular weight excluding hydrogens is 372 g/mol. The van der Waals surface area contributed by atoms with Gasteiger partial charge in [-0.2, -0.15) is 0 Å². The van der Waals surface area contributed by atoms with Crippen molar-refractivity contribution in [3.63, 3.8) is 0 Å². The van der Waals surface area contributed by atoms with E-state index < -0.39 is 15.0 Å². The topological polar surface area (TPSA) is 73.6 Å². The minimum Gasteiger partial charge on any atom is -0.456 e. The van der Waals surface area contributed by atoms with Gasteiger partial charge in [-0.25, -0.2) is 13.2 Å². The van der Waals surface area contributed by atoms with Crippen LogP contribution in [0, 0.1) is 5.92 Å². The van der Waals surface area contributed by atoms with Gasteiger partial charge in [-0.1, -0.05) is 13.3 Å². The molecule has 0 bridgehead atoms. The van der Waals surface area contributed by atoms with E-state index in [-0.39, 0.29) is 21.4 Å². The lowest BCUT2D eigenvalue weighted by Crippen LogP contribution is -2.28. The van der Waals surface area contributed by atoms with Crippen LogP contribution in [0.25, 0.3) is 0 Å². The predicted molar refractivity (Wildman–Crippen MR) is 76.3 cm³/mol. The summed E-state index contributed by atoms with van der Waals surface area (Å²) in [7, 11) is 1.26. The highest BCUT2D eigenvalue weighted by Gasteiger charge is 2.29. The molecule has 0 saturated heterocycles. The van der Waals surface area contributed by atoms with E-state index in [0.717, 1.165) is 31.7 Å². The second-order valence-electron chi connectivity index (χ2n) is 4.89. The van der Waals surface area contributed by atoms with Crippen molar-refractivity contribution in [3.05, 3.63) is 16.5 Å². The zero-order valence-corrected chi connectivity index (χ0v) is 13.9. The maximum Gasteiger partial charge on any atom is 0.374 e. The molecule has 1 aliphatic rings. The normalized spacial score (nSPS) is 23.6. The fraction of sp³-hybridized carbons (Fsp3) is 0.583. The number of ether oxygens (including phenoxy) is 1. The van der Waals surface area contributed by atoms with Crippen molar-refractivity contribution in [1.82, 2.24) is 0 Å². The molecule has 1 saturated carbocycles. The highest BCUT2D eigenvalue weighted by molar-refractivity contribution is 9.10. The Morgan fingerprint density at radius 2 is 2.10 bits per heavy atom. The van der Waals surface area contributed by atoms with Crippen molar-refractivity contribution in [2.45, 2.75) is 43.6 Å². The quantitative estimate of drug-likeness (QED) is 0.586.